The van der Waals surface area contributed by atoms with E-state index in [0.717, 1.165) is 0 Å². The van der Waals surface area contributed by atoms with Gasteiger partial charge in [0.25, 0.3) is 5.91 Å². The highest BCUT2D eigenvalue weighted by molar-refractivity contribution is 5.96. The summed E-state index contributed by atoms with van der Waals surface area (Å²) in [6.45, 7) is 1.25. The van der Waals surface area contributed by atoms with Crippen molar-refractivity contribution in [3.63, 3.8) is 0 Å². The lowest BCUT2D eigenvalue weighted by Gasteiger charge is -2.32. The minimum atomic E-state index is -0.879. The molecular weight excluding hydrogens is 276 g/mol. The number of carbonyl (C=O) groups excluding carboxylic acids is 1. The Kier molecular flexibility index (Phi) is 5.10. The number of hydrogen-bond donors (Lipinski definition) is 2. The van der Waals surface area contributed by atoms with Gasteiger partial charge in [0.05, 0.1) is 30.9 Å². The van der Waals surface area contributed by atoms with Gasteiger partial charge in [0.15, 0.2) is 0 Å². The van der Waals surface area contributed by atoms with Crippen LogP contribution in [-0.4, -0.2) is 57.8 Å². The van der Waals surface area contributed by atoms with E-state index < -0.39 is 5.97 Å². The molecule has 1 aliphatic heterocycles. The first kappa shape index (κ1) is 15.2. The van der Waals surface area contributed by atoms with Gasteiger partial charge in [0.2, 0.25) is 0 Å². The summed E-state index contributed by atoms with van der Waals surface area (Å²) < 4.78 is 5.47. The fourth-order valence-electron chi connectivity index (χ4n) is 2.28. The smallest absolute Gasteiger partial charge is 0.305 e. The average Bonchev–Trinajstić information content (AvgIpc) is 2.47. The normalized spacial score (nSPS) is 15.9. The van der Waals surface area contributed by atoms with Gasteiger partial charge in [0.1, 0.15) is 5.75 Å². The zero-order valence-electron chi connectivity index (χ0n) is 11.6. The van der Waals surface area contributed by atoms with Gasteiger partial charge in [0, 0.05) is 19.3 Å². The largest absolute Gasteiger partial charge is 0.505 e. The first-order valence-electron chi connectivity index (χ1n) is 6.83. The molecule has 114 valence electrons. The van der Waals surface area contributed by atoms with Gasteiger partial charge < -0.3 is 19.8 Å². The first-order chi connectivity index (χ1) is 10.1. The summed E-state index contributed by atoms with van der Waals surface area (Å²) in [6, 6.07) is 1.49. The van der Waals surface area contributed by atoms with Crippen molar-refractivity contribution in [3.8, 4) is 5.75 Å². The van der Waals surface area contributed by atoms with E-state index in [0.29, 0.717) is 25.9 Å². The predicted octanol–water partition coefficient (Wildman–Crippen LogP) is 0.883. The van der Waals surface area contributed by atoms with Crippen LogP contribution >= 0.6 is 0 Å². The number of hydrogen-bond acceptors (Lipinski definition) is 5. The van der Waals surface area contributed by atoms with E-state index in [2.05, 4.69) is 4.98 Å². The molecule has 2 heterocycles. The van der Waals surface area contributed by atoms with Gasteiger partial charge in [-0.25, -0.2) is 0 Å². The molecule has 2 rings (SSSR count). The summed E-state index contributed by atoms with van der Waals surface area (Å²) in [5.74, 6) is -1.23. The minimum absolute atomic E-state index is 0.00989. The molecule has 1 aromatic rings. The van der Waals surface area contributed by atoms with E-state index in [-0.39, 0.29) is 36.4 Å². The number of likely N-dealkylation sites (tertiary alicyclic amines) is 1. The molecule has 0 spiro atoms. The predicted molar refractivity (Wildman–Crippen MR) is 73.0 cm³/mol. The molecule has 21 heavy (non-hydrogen) atoms. The SMILES string of the molecule is O=C(O)CCOC1CCN(C(=O)c2ccncc2O)CC1. The molecule has 0 radical (unpaired) electrons. The second-order valence-corrected chi connectivity index (χ2v) is 4.90. The van der Waals surface area contributed by atoms with Crippen LogP contribution < -0.4 is 0 Å². The molecule has 0 unspecified atom stereocenters. The van der Waals surface area contributed by atoms with E-state index in [1.165, 1.54) is 18.5 Å². The number of nitrogens with zero attached hydrogens (tertiary/aromatic N) is 2. The number of carboxylic acids is 1. The molecule has 1 amide bonds. The molecule has 0 saturated carbocycles. The fourth-order valence-corrected chi connectivity index (χ4v) is 2.28. The van der Waals surface area contributed by atoms with Gasteiger partial charge in [-0.15, -0.1) is 0 Å². The number of piperidine rings is 1. The summed E-state index contributed by atoms with van der Waals surface area (Å²) in [7, 11) is 0. The quantitative estimate of drug-likeness (QED) is 0.836. The molecule has 7 heteroatoms. The van der Waals surface area contributed by atoms with Gasteiger partial charge in [-0.2, -0.15) is 0 Å². The molecule has 2 N–H and O–H groups in total. The maximum atomic E-state index is 12.3. The number of pyridine rings is 1. The number of carboxylic acid groups (broad SMARTS) is 1. The Balaban J connectivity index is 1.82. The third-order valence-electron chi connectivity index (χ3n) is 3.43. The van der Waals surface area contributed by atoms with E-state index in [1.807, 2.05) is 0 Å². The zero-order valence-corrected chi connectivity index (χ0v) is 11.6. The summed E-state index contributed by atoms with van der Waals surface area (Å²) in [5, 5.41) is 18.2. The second-order valence-electron chi connectivity index (χ2n) is 4.90. The van der Waals surface area contributed by atoms with E-state index in [1.54, 1.807) is 4.90 Å². The van der Waals surface area contributed by atoms with E-state index >= 15 is 0 Å². The fraction of sp³-hybridized carbons (Fsp3) is 0.500. The Bertz CT molecular complexity index is 512. The Morgan fingerprint density at radius 2 is 2.10 bits per heavy atom. The van der Waals surface area contributed by atoms with Crippen LogP contribution in [0.25, 0.3) is 0 Å². The summed E-state index contributed by atoms with van der Waals surface area (Å²) >= 11 is 0. The van der Waals surface area contributed by atoms with E-state index in [9.17, 15) is 14.7 Å². The zero-order chi connectivity index (χ0) is 15.2. The molecule has 0 atom stereocenters. The number of carbonyl (C=O) groups is 2. The lowest BCUT2D eigenvalue weighted by atomic mass is 10.1. The van der Waals surface area contributed by atoms with Crippen LogP contribution in [0.15, 0.2) is 18.5 Å². The Morgan fingerprint density at radius 3 is 2.71 bits per heavy atom. The van der Waals surface area contributed by atoms with Crippen LogP contribution in [0, 0.1) is 0 Å². The number of amides is 1. The molecule has 1 aliphatic rings. The van der Waals surface area contributed by atoms with Crippen molar-refractivity contribution in [2.24, 2.45) is 0 Å². The summed E-state index contributed by atoms with van der Waals surface area (Å²) in [5.41, 5.74) is 0.246. The number of aromatic hydroxyl groups is 1. The Labute approximate surface area is 122 Å². The maximum Gasteiger partial charge on any atom is 0.305 e. The highest BCUT2D eigenvalue weighted by Gasteiger charge is 2.25. The van der Waals surface area contributed by atoms with Crippen LogP contribution in [0.2, 0.25) is 0 Å². The molecule has 7 nitrogen and oxygen atoms in total. The molecule has 0 aliphatic carbocycles. The van der Waals surface area contributed by atoms with Crippen molar-refractivity contribution < 1.29 is 24.5 Å². The van der Waals surface area contributed by atoms with Crippen molar-refractivity contribution in [3.05, 3.63) is 24.0 Å². The van der Waals surface area contributed by atoms with Gasteiger partial charge in [-0.05, 0) is 18.9 Å². The van der Waals surface area contributed by atoms with Crippen molar-refractivity contribution in [1.82, 2.24) is 9.88 Å². The van der Waals surface area contributed by atoms with Crippen LogP contribution in [0.1, 0.15) is 29.6 Å². The molecule has 1 aromatic heterocycles. The minimum Gasteiger partial charge on any atom is -0.505 e. The molecule has 0 aromatic carbocycles. The highest BCUT2D eigenvalue weighted by Crippen LogP contribution is 2.20. The van der Waals surface area contributed by atoms with Crippen LogP contribution in [0.5, 0.6) is 5.75 Å². The summed E-state index contributed by atoms with van der Waals surface area (Å²) in [6.07, 6.45) is 4.02. The lowest BCUT2D eigenvalue weighted by Crippen LogP contribution is -2.41. The third kappa shape index (κ3) is 4.16. The van der Waals surface area contributed by atoms with Crippen LogP contribution in [0.3, 0.4) is 0 Å². The van der Waals surface area contributed by atoms with Gasteiger partial charge in [-0.3, -0.25) is 14.6 Å². The third-order valence-corrected chi connectivity index (χ3v) is 3.43. The van der Waals surface area contributed by atoms with Crippen molar-refractivity contribution in [2.75, 3.05) is 19.7 Å². The number of ether oxygens (including phenoxy) is 1. The van der Waals surface area contributed by atoms with Crippen molar-refractivity contribution >= 4 is 11.9 Å². The second kappa shape index (κ2) is 7.03. The van der Waals surface area contributed by atoms with Crippen LogP contribution in [-0.2, 0) is 9.53 Å². The van der Waals surface area contributed by atoms with E-state index in [4.69, 9.17) is 9.84 Å². The van der Waals surface area contributed by atoms with Crippen molar-refractivity contribution in [1.29, 1.82) is 0 Å². The standard InChI is InChI=1S/C14H18N2O5/c17-12-9-15-5-1-11(12)14(20)16-6-2-10(3-7-16)21-8-4-13(18)19/h1,5,9-10,17H,2-4,6-8H2,(H,18,19). The van der Waals surface area contributed by atoms with Crippen molar-refractivity contribution in [2.45, 2.75) is 25.4 Å². The Hall–Kier alpha value is -2.15. The number of aliphatic carboxylic acids is 1. The molecule has 1 fully saturated rings. The monoisotopic (exact) mass is 294 g/mol. The number of rotatable bonds is 5. The van der Waals surface area contributed by atoms with Gasteiger partial charge in [-0.1, -0.05) is 0 Å². The lowest BCUT2D eigenvalue weighted by molar-refractivity contribution is -0.138. The number of aromatic nitrogens is 1. The maximum absolute atomic E-state index is 12.3. The van der Waals surface area contributed by atoms with Crippen LogP contribution in [0.4, 0.5) is 0 Å². The molecule has 1 saturated heterocycles. The molecule has 0 bridgehead atoms. The highest BCUT2D eigenvalue weighted by atomic mass is 16.5. The summed E-state index contributed by atoms with van der Waals surface area (Å²) in [4.78, 5) is 28.1. The Morgan fingerprint density at radius 1 is 1.38 bits per heavy atom. The van der Waals surface area contributed by atoms with Gasteiger partial charge >= 0.3 is 5.97 Å². The first-order valence-corrected chi connectivity index (χ1v) is 6.83. The average molecular weight is 294 g/mol. The topological polar surface area (TPSA) is 100.0 Å². The molecular formula is C14H18N2O5.